The van der Waals surface area contributed by atoms with Gasteiger partial charge in [-0.05, 0) is 85.0 Å². The van der Waals surface area contributed by atoms with Crippen molar-refractivity contribution >= 4 is 17.2 Å². The molecule has 190 valence electrons. The van der Waals surface area contributed by atoms with Gasteiger partial charge in [0.15, 0.2) is 0 Å². The molecule has 0 nitrogen and oxygen atoms in total. The standard InChI is InChI=1S/C33H44ClF/c1-3-5-7-9-30-22-23-31(32(34)33(30)35)29-20-18-28(19-21-29)27-16-14-26(15-17-27)25-12-10-24(11-13-25)8-6-4-2/h16,18-26H,3-15,17H2,1-2H3. The molecule has 0 saturated heterocycles. The minimum atomic E-state index is -0.246. The van der Waals surface area contributed by atoms with E-state index < -0.39 is 0 Å². The lowest BCUT2D eigenvalue weighted by Crippen LogP contribution is -2.23. The van der Waals surface area contributed by atoms with Crippen LogP contribution in [-0.2, 0) is 6.42 Å². The highest BCUT2D eigenvalue weighted by Crippen LogP contribution is 2.42. The summed E-state index contributed by atoms with van der Waals surface area (Å²) in [6, 6.07) is 12.5. The topological polar surface area (TPSA) is 0 Å². The third kappa shape index (κ3) is 6.79. The third-order valence-electron chi connectivity index (χ3n) is 8.75. The SMILES string of the molecule is CCCCCc1ccc(-c2ccc(C3=CCC(C4CCC(CCCC)CC4)CC3)cc2)c(Cl)c1F. The smallest absolute Gasteiger partial charge is 0.145 e. The highest BCUT2D eigenvalue weighted by molar-refractivity contribution is 6.33. The summed E-state index contributed by atoms with van der Waals surface area (Å²) in [7, 11) is 0. The first-order valence-electron chi connectivity index (χ1n) is 14.4. The molecule has 1 atom stereocenters. The van der Waals surface area contributed by atoms with Crippen LogP contribution in [0.15, 0.2) is 42.5 Å². The van der Waals surface area contributed by atoms with Crippen molar-refractivity contribution in [3.8, 4) is 11.1 Å². The maximum absolute atomic E-state index is 14.9. The van der Waals surface area contributed by atoms with Crippen LogP contribution in [0.1, 0.15) is 108 Å². The summed E-state index contributed by atoms with van der Waals surface area (Å²) in [5.74, 6) is 2.57. The summed E-state index contributed by atoms with van der Waals surface area (Å²) in [6.45, 7) is 4.48. The quantitative estimate of drug-likeness (QED) is 0.288. The molecule has 2 aliphatic rings. The van der Waals surface area contributed by atoms with Gasteiger partial charge in [0.1, 0.15) is 5.82 Å². The van der Waals surface area contributed by atoms with Gasteiger partial charge in [0.2, 0.25) is 0 Å². The molecule has 2 aromatic carbocycles. The molecule has 0 bridgehead atoms. The molecular weight excluding hydrogens is 451 g/mol. The molecule has 0 aromatic heterocycles. The van der Waals surface area contributed by atoms with E-state index in [1.165, 1.54) is 75.3 Å². The zero-order valence-electron chi connectivity index (χ0n) is 21.9. The molecule has 0 aliphatic heterocycles. The van der Waals surface area contributed by atoms with Gasteiger partial charge in [-0.15, -0.1) is 0 Å². The van der Waals surface area contributed by atoms with E-state index in [2.05, 4.69) is 44.2 Å². The van der Waals surface area contributed by atoms with Crippen molar-refractivity contribution in [3.05, 3.63) is 64.4 Å². The molecule has 1 unspecified atom stereocenters. The Morgan fingerprint density at radius 3 is 2.17 bits per heavy atom. The average Bonchev–Trinajstić information content (AvgIpc) is 2.91. The Balaban J connectivity index is 1.35. The zero-order chi connectivity index (χ0) is 24.6. The number of unbranched alkanes of at least 4 members (excludes halogenated alkanes) is 3. The van der Waals surface area contributed by atoms with Crippen molar-refractivity contribution in [2.24, 2.45) is 17.8 Å². The maximum atomic E-state index is 14.9. The highest BCUT2D eigenvalue weighted by atomic mass is 35.5. The summed E-state index contributed by atoms with van der Waals surface area (Å²) in [4.78, 5) is 0. The van der Waals surface area contributed by atoms with E-state index in [1.54, 1.807) is 0 Å². The van der Waals surface area contributed by atoms with Crippen LogP contribution < -0.4 is 0 Å². The monoisotopic (exact) mass is 494 g/mol. The van der Waals surface area contributed by atoms with Crippen LogP contribution in [-0.4, -0.2) is 0 Å². The Morgan fingerprint density at radius 1 is 0.800 bits per heavy atom. The molecule has 35 heavy (non-hydrogen) atoms. The van der Waals surface area contributed by atoms with Gasteiger partial charge >= 0.3 is 0 Å². The van der Waals surface area contributed by atoms with Gasteiger partial charge in [0.05, 0.1) is 5.02 Å². The average molecular weight is 495 g/mol. The Labute approximate surface area is 218 Å². The molecule has 0 heterocycles. The number of benzene rings is 2. The predicted octanol–water partition coefficient (Wildman–Crippen LogP) is 11.1. The maximum Gasteiger partial charge on any atom is 0.145 e. The van der Waals surface area contributed by atoms with Crippen LogP contribution in [0.3, 0.4) is 0 Å². The second kappa shape index (κ2) is 13.1. The minimum absolute atomic E-state index is 0.246. The summed E-state index contributed by atoms with van der Waals surface area (Å²) in [5.41, 5.74) is 5.31. The molecular formula is C33H44ClF. The minimum Gasteiger partial charge on any atom is -0.205 e. The number of halogens is 2. The Morgan fingerprint density at radius 2 is 1.51 bits per heavy atom. The molecule has 0 N–H and O–H groups in total. The largest absolute Gasteiger partial charge is 0.205 e. The molecule has 0 spiro atoms. The van der Waals surface area contributed by atoms with Crippen LogP contribution in [0, 0.1) is 23.6 Å². The first-order chi connectivity index (χ1) is 17.1. The Hall–Kier alpha value is -1.60. The van der Waals surface area contributed by atoms with E-state index >= 15 is 0 Å². The second-order valence-electron chi connectivity index (χ2n) is 11.1. The van der Waals surface area contributed by atoms with Gasteiger partial charge in [-0.1, -0.05) is 113 Å². The fraction of sp³-hybridized carbons (Fsp3) is 0.576. The molecule has 1 fully saturated rings. The lowest BCUT2D eigenvalue weighted by atomic mass is 9.70. The molecule has 0 radical (unpaired) electrons. The van der Waals surface area contributed by atoms with Gasteiger partial charge < -0.3 is 0 Å². The van der Waals surface area contributed by atoms with Gasteiger partial charge in [-0.2, -0.15) is 0 Å². The van der Waals surface area contributed by atoms with Crippen molar-refractivity contribution < 1.29 is 4.39 Å². The zero-order valence-corrected chi connectivity index (χ0v) is 22.7. The van der Waals surface area contributed by atoms with Crippen LogP contribution in [0.25, 0.3) is 16.7 Å². The predicted molar refractivity (Wildman–Crippen MR) is 150 cm³/mol. The number of aryl methyl sites for hydroxylation is 1. The normalized spacial score (nSPS) is 22.7. The second-order valence-corrected chi connectivity index (χ2v) is 11.5. The molecule has 1 saturated carbocycles. The molecule has 0 amide bonds. The van der Waals surface area contributed by atoms with E-state index in [-0.39, 0.29) is 10.8 Å². The van der Waals surface area contributed by atoms with Crippen LogP contribution in [0.2, 0.25) is 5.02 Å². The number of hydrogen-bond donors (Lipinski definition) is 0. The van der Waals surface area contributed by atoms with Gasteiger partial charge in [-0.25, -0.2) is 4.39 Å². The van der Waals surface area contributed by atoms with Gasteiger partial charge in [-0.3, -0.25) is 0 Å². The number of rotatable bonds is 10. The number of hydrogen-bond acceptors (Lipinski definition) is 0. The Kier molecular flexibility index (Phi) is 9.90. The summed E-state index contributed by atoms with van der Waals surface area (Å²) < 4.78 is 14.9. The van der Waals surface area contributed by atoms with E-state index in [4.69, 9.17) is 11.6 Å². The van der Waals surface area contributed by atoms with E-state index in [0.717, 1.165) is 60.1 Å². The lowest BCUT2D eigenvalue weighted by molar-refractivity contribution is 0.188. The van der Waals surface area contributed by atoms with E-state index in [0.29, 0.717) is 0 Å². The van der Waals surface area contributed by atoms with Crippen LogP contribution in [0.5, 0.6) is 0 Å². The Bertz CT molecular complexity index is 965. The van der Waals surface area contributed by atoms with Crippen molar-refractivity contribution in [1.29, 1.82) is 0 Å². The van der Waals surface area contributed by atoms with Crippen LogP contribution >= 0.6 is 11.6 Å². The molecule has 4 rings (SSSR count). The molecule has 2 aliphatic carbocycles. The third-order valence-corrected chi connectivity index (χ3v) is 9.12. The van der Waals surface area contributed by atoms with Crippen molar-refractivity contribution in [2.45, 2.75) is 104 Å². The van der Waals surface area contributed by atoms with Gasteiger partial charge in [0.25, 0.3) is 0 Å². The molecule has 2 aromatic rings. The van der Waals surface area contributed by atoms with Crippen molar-refractivity contribution in [2.75, 3.05) is 0 Å². The van der Waals surface area contributed by atoms with Crippen molar-refractivity contribution in [1.82, 2.24) is 0 Å². The van der Waals surface area contributed by atoms with Gasteiger partial charge in [0, 0.05) is 5.56 Å². The summed E-state index contributed by atoms with van der Waals surface area (Å²) in [6.07, 6.45) is 20.3. The molecule has 2 heteroatoms. The highest BCUT2D eigenvalue weighted by Gasteiger charge is 2.28. The van der Waals surface area contributed by atoms with E-state index in [9.17, 15) is 4.39 Å². The lowest BCUT2D eigenvalue weighted by Gasteiger charge is -2.35. The first kappa shape index (κ1) is 26.5. The first-order valence-corrected chi connectivity index (χ1v) is 14.7. The summed E-state index contributed by atoms with van der Waals surface area (Å²) >= 11 is 6.47. The fourth-order valence-corrected chi connectivity index (χ4v) is 6.71. The van der Waals surface area contributed by atoms with Crippen molar-refractivity contribution in [3.63, 3.8) is 0 Å². The van der Waals surface area contributed by atoms with Crippen LogP contribution in [0.4, 0.5) is 4.39 Å². The van der Waals surface area contributed by atoms with E-state index in [1.807, 2.05) is 12.1 Å². The summed E-state index contributed by atoms with van der Waals surface area (Å²) in [5, 5.41) is 0.260. The fourth-order valence-electron chi connectivity index (χ4n) is 6.42. The number of allylic oxidation sites excluding steroid dienone is 2.